The molecule has 0 bridgehead atoms. The molecule has 1 aromatic carbocycles. The number of hydrogen-bond donors (Lipinski definition) is 0. The van der Waals surface area contributed by atoms with Crippen molar-refractivity contribution in [3.63, 3.8) is 0 Å². The highest BCUT2D eigenvalue weighted by atomic mass is 15.3. The third-order valence-corrected chi connectivity index (χ3v) is 6.43. The monoisotopic (exact) mass is 388 g/mol. The summed E-state index contributed by atoms with van der Waals surface area (Å²) in [4.78, 5) is 14.0. The van der Waals surface area contributed by atoms with Crippen molar-refractivity contribution in [2.45, 2.75) is 25.4 Å². The number of aryl methyl sites for hydroxylation is 2. The first-order valence-electron chi connectivity index (χ1n) is 10.2. The van der Waals surface area contributed by atoms with Crippen LogP contribution in [0, 0.1) is 6.92 Å². The van der Waals surface area contributed by atoms with Crippen LogP contribution in [0.2, 0.25) is 0 Å². The molecule has 1 fully saturated rings. The lowest BCUT2D eigenvalue weighted by Gasteiger charge is -2.25. The molecule has 1 aliphatic heterocycles. The van der Waals surface area contributed by atoms with Gasteiger partial charge in [0.15, 0.2) is 0 Å². The van der Waals surface area contributed by atoms with Gasteiger partial charge in [0.2, 0.25) is 5.78 Å². The van der Waals surface area contributed by atoms with E-state index in [4.69, 9.17) is 0 Å². The van der Waals surface area contributed by atoms with E-state index in [1.807, 2.05) is 6.07 Å². The lowest BCUT2D eigenvalue weighted by atomic mass is 9.93. The Morgan fingerprint density at radius 2 is 1.97 bits per heavy atom. The SMILES string of the molecule is Cc1nc2ncccn2c1CN1C[C@H](c2cn(C)c3ccccc23)[C@@H](N(C)C)C1. The molecule has 6 nitrogen and oxygen atoms in total. The third-order valence-electron chi connectivity index (χ3n) is 6.43. The second kappa shape index (κ2) is 6.97. The van der Waals surface area contributed by atoms with E-state index < -0.39 is 0 Å². The standard InChI is InChI=1S/C23H28N6/c1-16-21(29-11-7-10-24-23(29)25-16)14-28-13-19(22(15-28)26(2)3)18-12-27(4)20-9-6-5-8-17(18)20/h5-12,19,22H,13-15H2,1-4H3/t19-,22+/m1/s1. The van der Waals surface area contributed by atoms with Crippen LogP contribution in [0.25, 0.3) is 16.7 Å². The number of aromatic nitrogens is 4. The van der Waals surface area contributed by atoms with Crippen LogP contribution in [0.5, 0.6) is 0 Å². The molecular weight excluding hydrogens is 360 g/mol. The number of nitrogens with zero attached hydrogens (tertiary/aromatic N) is 6. The molecule has 0 radical (unpaired) electrons. The molecular formula is C23H28N6. The van der Waals surface area contributed by atoms with E-state index in [0.717, 1.165) is 31.1 Å². The van der Waals surface area contributed by atoms with Gasteiger partial charge in [0.1, 0.15) is 0 Å². The Bertz CT molecular complexity index is 1170. The number of likely N-dealkylation sites (N-methyl/N-ethyl adjacent to an activating group) is 1. The minimum Gasteiger partial charge on any atom is -0.350 e. The van der Waals surface area contributed by atoms with Crippen LogP contribution in [0.15, 0.2) is 48.9 Å². The fraction of sp³-hybridized carbons (Fsp3) is 0.391. The minimum atomic E-state index is 0.480. The van der Waals surface area contributed by atoms with Gasteiger partial charge < -0.3 is 9.47 Å². The summed E-state index contributed by atoms with van der Waals surface area (Å²) in [6.45, 7) is 5.08. The van der Waals surface area contributed by atoms with E-state index in [2.05, 4.69) is 93.5 Å². The Hall–Kier alpha value is -2.70. The predicted molar refractivity (Wildman–Crippen MR) is 116 cm³/mol. The van der Waals surface area contributed by atoms with Crippen molar-refractivity contribution < 1.29 is 0 Å². The van der Waals surface area contributed by atoms with Crippen molar-refractivity contribution in [1.29, 1.82) is 0 Å². The van der Waals surface area contributed by atoms with Crippen molar-refractivity contribution >= 4 is 16.7 Å². The Morgan fingerprint density at radius 1 is 1.14 bits per heavy atom. The molecule has 150 valence electrons. The lowest BCUT2D eigenvalue weighted by Crippen LogP contribution is -2.34. The fourth-order valence-electron chi connectivity index (χ4n) is 4.94. The normalized spacial score (nSPS) is 20.4. The summed E-state index contributed by atoms with van der Waals surface area (Å²) in [6, 6.07) is 11.2. The van der Waals surface area contributed by atoms with Crippen LogP contribution < -0.4 is 0 Å². The first kappa shape index (κ1) is 18.3. The Kier molecular flexibility index (Phi) is 4.41. The Balaban J connectivity index is 1.49. The van der Waals surface area contributed by atoms with Gasteiger partial charge in [-0.05, 0) is 38.7 Å². The van der Waals surface area contributed by atoms with E-state index in [0.29, 0.717) is 12.0 Å². The van der Waals surface area contributed by atoms with Crippen molar-refractivity contribution in [2.75, 3.05) is 27.2 Å². The van der Waals surface area contributed by atoms with E-state index in [9.17, 15) is 0 Å². The third kappa shape index (κ3) is 3.03. The molecule has 0 spiro atoms. The molecule has 0 amide bonds. The molecule has 0 saturated carbocycles. The van der Waals surface area contributed by atoms with Gasteiger partial charge in [0, 0.05) is 68.1 Å². The molecule has 0 unspecified atom stereocenters. The molecule has 1 aliphatic rings. The zero-order valence-corrected chi connectivity index (χ0v) is 17.6. The number of benzene rings is 1. The summed E-state index contributed by atoms with van der Waals surface area (Å²) in [7, 11) is 6.56. The molecule has 3 aromatic heterocycles. The summed E-state index contributed by atoms with van der Waals surface area (Å²) in [6.07, 6.45) is 6.21. The first-order valence-corrected chi connectivity index (χ1v) is 10.2. The van der Waals surface area contributed by atoms with Crippen LogP contribution in [-0.4, -0.2) is 62.0 Å². The molecule has 0 N–H and O–H groups in total. The maximum Gasteiger partial charge on any atom is 0.234 e. The van der Waals surface area contributed by atoms with Gasteiger partial charge in [-0.1, -0.05) is 18.2 Å². The van der Waals surface area contributed by atoms with E-state index in [-0.39, 0.29) is 0 Å². The number of likely N-dealkylation sites (tertiary alicyclic amines) is 1. The van der Waals surface area contributed by atoms with Crippen molar-refractivity contribution in [3.8, 4) is 0 Å². The number of fused-ring (bicyclic) bond motifs is 2. The highest BCUT2D eigenvalue weighted by molar-refractivity contribution is 5.84. The van der Waals surface area contributed by atoms with Crippen LogP contribution in [0.3, 0.4) is 0 Å². The topological polar surface area (TPSA) is 41.6 Å². The van der Waals surface area contributed by atoms with Gasteiger partial charge in [0.05, 0.1) is 11.4 Å². The van der Waals surface area contributed by atoms with E-state index >= 15 is 0 Å². The molecule has 0 aliphatic carbocycles. The Labute approximate surface area is 171 Å². The Morgan fingerprint density at radius 3 is 2.79 bits per heavy atom. The molecule has 4 heterocycles. The van der Waals surface area contributed by atoms with E-state index in [1.54, 1.807) is 6.20 Å². The van der Waals surface area contributed by atoms with Crippen LogP contribution in [0.4, 0.5) is 0 Å². The van der Waals surface area contributed by atoms with Crippen LogP contribution in [0.1, 0.15) is 22.9 Å². The molecule has 1 saturated heterocycles. The fourth-order valence-corrected chi connectivity index (χ4v) is 4.94. The number of imidazole rings is 1. The minimum absolute atomic E-state index is 0.480. The molecule has 5 rings (SSSR count). The zero-order valence-electron chi connectivity index (χ0n) is 17.6. The molecule has 2 atom stereocenters. The summed E-state index contributed by atoms with van der Waals surface area (Å²) < 4.78 is 4.39. The van der Waals surface area contributed by atoms with Gasteiger partial charge in [-0.2, -0.15) is 0 Å². The predicted octanol–water partition coefficient (Wildman–Crippen LogP) is 3.06. The van der Waals surface area contributed by atoms with Gasteiger partial charge in [0.25, 0.3) is 0 Å². The summed E-state index contributed by atoms with van der Waals surface area (Å²) >= 11 is 0. The largest absolute Gasteiger partial charge is 0.350 e. The van der Waals surface area contributed by atoms with Gasteiger partial charge in [-0.15, -0.1) is 0 Å². The van der Waals surface area contributed by atoms with Crippen molar-refractivity contribution in [2.24, 2.45) is 7.05 Å². The number of para-hydroxylation sites is 1. The molecule has 29 heavy (non-hydrogen) atoms. The molecule has 6 heteroatoms. The van der Waals surface area contributed by atoms with Gasteiger partial charge in [-0.3, -0.25) is 9.30 Å². The van der Waals surface area contributed by atoms with Crippen molar-refractivity contribution in [3.05, 3.63) is 65.9 Å². The second-order valence-electron chi connectivity index (χ2n) is 8.48. The van der Waals surface area contributed by atoms with E-state index in [1.165, 1.54) is 22.2 Å². The summed E-state index contributed by atoms with van der Waals surface area (Å²) in [5.74, 6) is 1.27. The van der Waals surface area contributed by atoms with Crippen LogP contribution in [-0.2, 0) is 13.6 Å². The summed E-state index contributed by atoms with van der Waals surface area (Å²) in [5, 5.41) is 1.38. The maximum absolute atomic E-state index is 4.64. The smallest absolute Gasteiger partial charge is 0.234 e. The molecule has 4 aromatic rings. The maximum atomic E-state index is 4.64. The highest BCUT2D eigenvalue weighted by Gasteiger charge is 2.37. The van der Waals surface area contributed by atoms with Crippen LogP contribution >= 0.6 is 0 Å². The summed E-state index contributed by atoms with van der Waals surface area (Å²) in [5.41, 5.74) is 5.07. The number of rotatable bonds is 4. The quantitative estimate of drug-likeness (QED) is 0.539. The zero-order chi connectivity index (χ0) is 20.1. The first-order chi connectivity index (χ1) is 14.0. The second-order valence-corrected chi connectivity index (χ2v) is 8.48. The van der Waals surface area contributed by atoms with Gasteiger partial charge >= 0.3 is 0 Å². The van der Waals surface area contributed by atoms with Gasteiger partial charge in [-0.25, -0.2) is 9.97 Å². The average molecular weight is 389 g/mol. The average Bonchev–Trinajstić information content (AvgIpc) is 3.37. The highest BCUT2D eigenvalue weighted by Crippen LogP contribution is 2.36. The lowest BCUT2D eigenvalue weighted by molar-refractivity contribution is 0.258. The van der Waals surface area contributed by atoms with Crippen molar-refractivity contribution in [1.82, 2.24) is 28.7 Å². The number of hydrogen-bond acceptors (Lipinski definition) is 4.